The maximum Gasteiger partial charge on any atom is 0.121 e. The number of hydrogen-bond acceptors (Lipinski definition) is 3. The summed E-state index contributed by atoms with van der Waals surface area (Å²) < 4.78 is 56.6. The Morgan fingerprint density at radius 2 is 1.36 bits per heavy atom. The predicted molar refractivity (Wildman–Crippen MR) is 237 cm³/mol. The fraction of sp³-hybridized carbons (Fsp3) is 0.148. The molecule has 9 rings (SSSR count). The number of nitrogens with zero attached hydrogens (tertiary/aromatic N) is 2. The van der Waals surface area contributed by atoms with E-state index in [0.717, 1.165) is 55.3 Å². The fourth-order valence-corrected chi connectivity index (χ4v) is 7.00. The number of fused-ring (bicyclic) bond motifs is 3. The first-order chi connectivity index (χ1) is 30.0. The molecular formula is C54H46IrN2O-2. The smallest absolute Gasteiger partial charge is 0.121 e. The van der Waals surface area contributed by atoms with Crippen molar-refractivity contribution in [2.24, 2.45) is 5.41 Å². The van der Waals surface area contributed by atoms with E-state index in [1.807, 2.05) is 136 Å². The van der Waals surface area contributed by atoms with Crippen LogP contribution < -0.4 is 0 Å². The van der Waals surface area contributed by atoms with Gasteiger partial charge < -0.3 is 14.4 Å². The number of aryl methyl sites for hydroxylation is 1. The SMILES string of the molecule is [2H]C([2H])([2H])c1cnc(-c2[c-]ccc(-c3ccccc3)c2)cc1C([2H])(C)c1ccccc1.[2H]C([2H])(c1ccnc(-c2[c-]ccc3c2oc2cc(-c4ccccc4)ccc23)c1)C(C)(C)C.[Ir]. The van der Waals surface area contributed by atoms with Crippen molar-refractivity contribution in [3.8, 4) is 44.8 Å². The van der Waals surface area contributed by atoms with Crippen LogP contribution in [0.4, 0.5) is 0 Å². The van der Waals surface area contributed by atoms with Crippen LogP contribution in [0.25, 0.3) is 66.7 Å². The van der Waals surface area contributed by atoms with Crippen LogP contribution in [0.5, 0.6) is 0 Å². The Morgan fingerprint density at radius 1 is 0.690 bits per heavy atom. The maximum atomic E-state index is 9.08. The van der Waals surface area contributed by atoms with E-state index in [0.29, 0.717) is 28.1 Å². The van der Waals surface area contributed by atoms with Crippen LogP contribution in [0, 0.1) is 24.4 Å². The molecule has 3 aromatic heterocycles. The molecule has 9 aromatic rings. The van der Waals surface area contributed by atoms with Crippen LogP contribution in [-0.4, -0.2) is 9.97 Å². The van der Waals surface area contributed by atoms with Crippen molar-refractivity contribution in [3.63, 3.8) is 0 Å². The van der Waals surface area contributed by atoms with Gasteiger partial charge in [0.15, 0.2) is 0 Å². The van der Waals surface area contributed by atoms with Crippen molar-refractivity contribution in [1.29, 1.82) is 0 Å². The molecule has 0 spiro atoms. The van der Waals surface area contributed by atoms with E-state index in [2.05, 4.69) is 52.4 Å². The average Bonchev–Trinajstić information content (AvgIpc) is 3.68. The molecule has 0 N–H and O–H groups in total. The number of benzene rings is 6. The van der Waals surface area contributed by atoms with Crippen molar-refractivity contribution in [1.82, 2.24) is 9.97 Å². The van der Waals surface area contributed by atoms with Gasteiger partial charge in [-0.1, -0.05) is 159 Å². The minimum atomic E-state index is -2.37. The van der Waals surface area contributed by atoms with Crippen molar-refractivity contribution >= 4 is 21.9 Å². The second-order valence-electron chi connectivity index (χ2n) is 15.0. The molecule has 0 saturated carbocycles. The first-order valence-electron chi connectivity index (χ1n) is 22.1. The Labute approximate surface area is 364 Å². The zero-order chi connectivity index (χ0) is 44.6. The van der Waals surface area contributed by atoms with E-state index < -0.39 is 24.5 Å². The van der Waals surface area contributed by atoms with Gasteiger partial charge in [-0.2, -0.15) is 0 Å². The first kappa shape index (κ1) is 33.1. The van der Waals surface area contributed by atoms with Gasteiger partial charge in [0, 0.05) is 52.0 Å². The van der Waals surface area contributed by atoms with Crippen molar-refractivity contribution in [2.45, 2.75) is 46.8 Å². The third kappa shape index (κ3) is 9.10. The van der Waals surface area contributed by atoms with E-state index in [1.165, 1.54) is 6.20 Å². The molecule has 0 fully saturated rings. The molecule has 4 heteroatoms. The number of pyridine rings is 2. The Kier molecular flexibility index (Phi) is 10.1. The number of rotatable bonds is 7. The van der Waals surface area contributed by atoms with Gasteiger partial charge in [-0.25, -0.2) is 0 Å². The third-order valence-electron chi connectivity index (χ3n) is 9.78. The Bertz CT molecular complexity index is 3030. The zero-order valence-electron chi connectivity index (χ0n) is 38.8. The van der Waals surface area contributed by atoms with Crippen LogP contribution in [-0.2, 0) is 26.5 Å². The van der Waals surface area contributed by atoms with E-state index >= 15 is 0 Å². The van der Waals surface area contributed by atoms with Gasteiger partial charge in [0.1, 0.15) is 5.58 Å². The van der Waals surface area contributed by atoms with Crippen LogP contribution >= 0.6 is 0 Å². The molecule has 58 heavy (non-hydrogen) atoms. The summed E-state index contributed by atoms with van der Waals surface area (Å²) in [7, 11) is 0. The molecule has 0 amide bonds. The summed E-state index contributed by atoms with van der Waals surface area (Å²) in [5.74, 6) is -1.25. The monoisotopic (exact) mass is 937 g/mol. The van der Waals surface area contributed by atoms with E-state index in [4.69, 9.17) is 12.6 Å². The summed E-state index contributed by atoms with van der Waals surface area (Å²) in [5.41, 5.74) is 9.89. The Hall–Kier alpha value is -5.93. The van der Waals surface area contributed by atoms with Gasteiger partial charge >= 0.3 is 0 Å². The largest absolute Gasteiger partial charge is 0.501 e. The predicted octanol–water partition coefficient (Wildman–Crippen LogP) is 14.4. The molecule has 289 valence electrons. The number of aromatic nitrogens is 2. The molecule has 1 unspecified atom stereocenters. The fourth-order valence-electron chi connectivity index (χ4n) is 7.00. The number of furan rings is 1. The third-order valence-corrected chi connectivity index (χ3v) is 9.78. The minimum Gasteiger partial charge on any atom is -0.501 e. The van der Waals surface area contributed by atoms with Gasteiger partial charge in [-0.3, -0.25) is 0 Å². The average molecular weight is 937 g/mol. The van der Waals surface area contributed by atoms with Crippen LogP contribution in [0.1, 0.15) is 64.1 Å². The first-order valence-corrected chi connectivity index (χ1v) is 19.1. The molecule has 0 aliphatic rings. The molecule has 3 nitrogen and oxygen atoms in total. The summed E-state index contributed by atoms with van der Waals surface area (Å²) in [6, 6.07) is 57.3. The quantitative estimate of drug-likeness (QED) is 0.150. The minimum absolute atomic E-state index is 0. The molecular weight excluding hydrogens is 885 g/mol. The topological polar surface area (TPSA) is 38.9 Å². The molecule has 1 atom stereocenters. The molecule has 0 aliphatic carbocycles. The molecule has 3 heterocycles. The molecule has 0 aliphatic heterocycles. The molecule has 6 aromatic carbocycles. The molecule has 0 saturated heterocycles. The van der Waals surface area contributed by atoms with Gasteiger partial charge in [-0.15, -0.1) is 53.6 Å². The van der Waals surface area contributed by atoms with Gasteiger partial charge in [-0.05, 0) is 75.5 Å². The Morgan fingerprint density at radius 3 is 2.05 bits per heavy atom. The van der Waals surface area contributed by atoms with Crippen LogP contribution in [0.2, 0.25) is 0 Å². The second kappa shape index (κ2) is 17.7. The van der Waals surface area contributed by atoms with Crippen molar-refractivity contribution < 1.29 is 32.7 Å². The summed E-state index contributed by atoms with van der Waals surface area (Å²) in [4.78, 5) is 8.98. The normalized spacial score (nSPS) is 14.3. The standard InChI is InChI=1S/C28H24NO.C26H22N.Ir/c1-28(2,3)18-19-14-15-29-25(16-19)24-11-7-10-23-22-13-12-21(17-26(22)30-27(23)24)20-8-5-4-6-9-20;1-19-18-27-26(17-25(19)20(2)21-10-5-3-6-11-21)24-15-9-14-23(16-24)22-12-7-4-8-13-22;/h4-10,12-17H,18H2,1-3H3;3-14,16-18,20H,1-2H3;/q2*-1;/i18D2;1D3,20D;. The number of hydrogen-bond donors (Lipinski definition) is 0. The summed E-state index contributed by atoms with van der Waals surface area (Å²) in [5, 5.41) is 2.04. The van der Waals surface area contributed by atoms with Crippen LogP contribution in [0.3, 0.4) is 0 Å². The van der Waals surface area contributed by atoms with E-state index in [1.54, 1.807) is 25.3 Å². The van der Waals surface area contributed by atoms with Crippen molar-refractivity contribution in [2.75, 3.05) is 0 Å². The zero-order valence-corrected chi connectivity index (χ0v) is 35.2. The summed E-state index contributed by atoms with van der Waals surface area (Å²) >= 11 is 0. The molecule has 0 bridgehead atoms. The maximum absolute atomic E-state index is 9.08. The van der Waals surface area contributed by atoms with E-state index in [9.17, 15) is 0 Å². The Balaban J connectivity index is 0.000000189. The van der Waals surface area contributed by atoms with Gasteiger partial charge in [0.2, 0.25) is 0 Å². The van der Waals surface area contributed by atoms with Gasteiger partial charge in [0.25, 0.3) is 0 Å². The summed E-state index contributed by atoms with van der Waals surface area (Å²) in [6.07, 6.45) is 1.55. The van der Waals surface area contributed by atoms with Crippen molar-refractivity contribution in [3.05, 3.63) is 205 Å². The second-order valence-corrected chi connectivity index (χ2v) is 15.0. The van der Waals surface area contributed by atoms with Crippen LogP contribution in [0.15, 0.2) is 175 Å². The molecule has 1 radical (unpaired) electrons. The van der Waals surface area contributed by atoms with Gasteiger partial charge in [0.05, 0.1) is 5.58 Å². The summed E-state index contributed by atoms with van der Waals surface area (Å²) in [6.45, 7) is 5.07. The van der Waals surface area contributed by atoms with E-state index in [-0.39, 0.29) is 25.7 Å².